The van der Waals surface area contributed by atoms with Crippen molar-refractivity contribution >= 4 is 17.3 Å². The number of aromatic hydroxyl groups is 1. The second kappa shape index (κ2) is 6.10. The fourth-order valence-corrected chi connectivity index (χ4v) is 3.94. The highest BCUT2D eigenvalue weighted by Gasteiger charge is 2.32. The summed E-state index contributed by atoms with van der Waals surface area (Å²) in [5.41, 5.74) is 3.17. The second-order valence-corrected chi connectivity index (χ2v) is 6.65. The maximum Gasteiger partial charge on any atom is 0.327 e. The van der Waals surface area contributed by atoms with Crippen LogP contribution in [0, 0.1) is 6.92 Å². The third kappa shape index (κ3) is 2.74. The molecule has 1 N–H and O–H groups in total. The Morgan fingerprint density at radius 1 is 1.41 bits per heavy atom. The minimum atomic E-state index is -0.401. The lowest BCUT2D eigenvalue weighted by molar-refractivity contribution is -0.147. The van der Waals surface area contributed by atoms with Gasteiger partial charge >= 0.3 is 5.97 Å². The van der Waals surface area contributed by atoms with Crippen molar-refractivity contribution in [1.82, 2.24) is 4.90 Å². The van der Waals surface area contributed by atoms with Crippen LogP contribution in [0.15, 0.2) is 30.3 Å². The number of rotatable bonds is 3. The summed E-state index contributed by atoms with van der Waals surface area (Å²) in [4.78, 5) is 15.7. The molecule has 1 atom stereocenters. The standard InChI is InChI=1S/C17H19NO3S/c1-11-5-3-4-6-13(11)16(17(20)21-2)18-8-7-14-12(10-18)9-15(19)22-14/h3-6,9,16,19H,7-8,10H2,1-2H3/t16-/m0/s1. The number of hydrogen-bond acceptors (Lipinski definition) is 5. The molecule has 1 aromatic carbocycles. The van der Waals surface area contributed by atoms with Gasteiger partial charge in [0, 0.05) is 18.0 Å². The molecule has 1 aliphatic rings. The second-order valence-electron chi connectivity index (χ2n) is 5.54. The monoisotopic (exact) mass is 317 g/mol. The van der Waals surface area contributed by atoms with E-state index in [2.05, 4.69) is 4.90 Å². The summed E-state index contributed by atoms with van der Waals surface area (Å²) in [5, 5.41) is 10.0. The Bertz CT molecular complexity index is 695. The molecule has 0 amide bonds. The third-order valence-corrected chi connectivity index (χ3v) is 5.20. The Kier molecular flexibility index (Phi) is 4.18. The average molecular weight is 317 g/mol. The van der Waals surface area contributed by atoms with E-state index in [1.807, 2.05) is 31.2 Å². The van der Waals surface area contributed by atoms with Gasteiger partial charge in [0.05, 0.1) is 7.11 Å². The zero-order valence-electron chi connectivity index (χ0n) is 12.7. The number of ether oxygens (including phenoxy) is 1. The maximum atomic E-state index is 12.4. The summed E-state index contributed by atoms with van der Waals surface area (Å²) in [5.74, 6) is -0.239. The lowest BCUT2D eigenvalue weighted by Gasteiger charge is -2.33. The van der Waals surface area contributed by atoms with Crippen molar-refractivity contribution < 1.29 is 14.6 Å². The lowest BCUT2D eigenvalue weighted by atomic mass is 9.97. The number of nitrogens with zero attached hydrogens (tertiary/aromatic N) is 1. The van der Waals surface area contributed by atoms with E-state index in [9.17, 15) is 9.90 Å². The number of thiophene rings is 1. The first-order chi connectivity index (χ1) is 10.6. The summed E-state index contributed by atoms with van der Waals surface area (Å²) in [6, 6.07) is 9.32. The molecule has 0 bridgehead atoms. The van der Waals surface area contributed by atoms with Crippen molar-refractivity contribution in [3.8, 4) is 5.06 Å². The Labute approximate surface area is 134 Å². The van der Waals surface area contributed by atoms with Crippen LogP contribution in [0.25, 0.3) is 0 Å². The van der Waals surface area contributed by atoms with Crippen LogP contribution in [0.3, 0.4) is 0 Å². The molecule has 0 fully saturated rings. The number of aryl methyl sites for hydroxylation is 1. The minimum absolute atomic E-state index is 0.239. The van der Waals surface area contributed by atoms with Crippen LogP contribution in [0.1, 0.15) is 27.6 Å². The molecule has 0 saturated heterocycles. The summed E-state index contributed by atoms with van der Waals surface area (Å²) in [6.07, 6.45) is 0.847. The van der Waals surface area contributed by atoms with Crippen LogP contribution in [0.5, 0.6) is 5.06 Å². The van der Waals surface area contributed by atoms with Gasteiger partial charge < -0.3 is 9.84 Å². The topological polar surface area (TPSA) is 49.8 Å². The molecular formula is C17H19NO3S. The largest absolute Gasteiger partial charge is 0.499 e. The molecule has 22 heavy (non-hydrogen) atoms. The average Bonchev–Trinajstić information content (AvgIpc) is 2.88. The van der Waals surface area contributed by atoms with Gasteiger partial charge in [-0.2, -0.15) is 0 Å². The molecule has 0 unspecified atom stereocenters. The van der Waals surface area contributed by atoms with Gasteiger partial charge in [0.15, 0.2) is 5.06 Å². The van der Waals surface area contributed by atoms with Gasteiger partial charge in [0.25, 0.3) is 0 Å². The summed E-state index contributed by atoms with van der Waals surface area (Å²) < 4.78 is 5.04. The fraction of sp³-hybridized carbons (Fsp3) is 0.353. The number of esters is 1. The quantitative estimate of drug-likeness (QED) is 0.884. The lowest BCUT2D eigenvalue weighted by Crippen LogP contribution is -2.38. The van der Waals surface area contributed by atoms with E-state index < -0.39 is 6.04 Å². The molecule has 0 saturated carbocycles. The first-order valence-electron chi connectivity index (χ1n) is 7.28. The smallest absolute Gasteiger partial charge is 0.327 e. The van der Waals surface area contributed by atoms with Crippen molar-refractivity contribution in [2.75, 3.05) is 13.7 Å². The van der Waals surface area contributed by atoms with Crippen molar-refractivity contribution in [1.29, 1.82) is 0 Å². The van der Waals surface area contributed by atoms with Gasteiger partial charge in [-0.15, -0.1) is 11.3 Å². The van der Waals surface area contributed by atoms with Gasteiger partial charge in [-0.1, -0.05) is 24.3 Å². The normalized spacial score (nSPS) is 16.1. The van der Waals surface area contributed by atoms with Gasteiger partial charge in [-0.25, -0.2) is 4.79 Å². The van der Waals surface area contributed by atoms with E-state index >= 15 is 0 Å². The predicted molar refractivity (Wildman–Crippen MR) is 86.0 cm³/mol. The molecule has 1 aliphatic heterocycles. The summed E-state index contributed by atoms with van der Waals surface area (Å²) in [6.45, 7) is 3.44. The van der Waals surface area contributed by atoms with Crippen LogP contribution in [-0.2, 0) is 22.5 Å². The molecule has 1 aromatic heterocycles. The maximum absolute atomic E-state index is 12.4. The number of carbonyl (C=O) groups excluding carboxylic acids is 1. The molecule has 3 rings (SSSR count). The number of fused-ring (bicyclic) bond motifs is 1. The number of methoxy groups -OCH3 is 1. The van der Waals surface area contributed by atoms with Crippen molar-refractivity contribution in [3.63, 3.8) is 0 Å². The van der Waals surface area contributed by atoms with Crippen LogP contribution in [-0.4, -0.2) is 29.6 Å². The molecule has 0 aliphatic carbocycles. The van der Waals surface area contributed by atoms with E-state index in [1.165, 1.54) is 23.3 Å². The minimum Gasteiger partial charge on any atom is -0.499 e. The Balaban J connectivity index is 1.94. The third-order valence-electron chi connectivity index (χ3n) is 4.16. The number of hydrogen-bond donors (Lipinski definition) is 1. The van der Waals surface area contributed by atoms with E-state index in [-0.39, 0.29) is 5.97 Å². The SMILES string of the molecule is COC(=O)[C@H](c1ccccc1C)N1CCc2sc(O)cc2C1. The van der Waals surface area contributed by atoms with E-state index in [0.29, 0.717) is 11.6 Å². The predicted octanol–water partition coefficient (Wildman–Crippen LogP) is 3.03. The highest BCUT2D eigenvalue weighted by Crippen LogP contribution is 2.36. The van der Waals surface area contributed by atoms with Gasteiger partial charge in [-0.05, 0) is 36.1 Å². The Morgan fingerprint density at radius 3 is 2.91 bits per heavy atom. The first-order valence-corrected chi connectivity index (χ1v) is 8.09. The van der Waals surface area contributed by atoms with Gasteiger partial charge in [-0.3, -0.25) is 4.90 Å². The van der Waals surface area contributed by atoms with Crippen LogP contribution >= 0.6 is 11.3 Å². The van der Waals surface area contributed by atoms with Crippen LogP contribution in [0.2, 0.25) is 0 Å². The molecule has 116 valence electrons. The highest BCUT2D eigenvalue weighted by atomic mass is 32.1. The van der Waals surface area contributed by atoms with Crippen molar-refractivity contribution in [2.45, 2.75) is 25.9 Å². The fourth-order valence-electron chi connectivity index (χ4n) is 3.04. The van der Waals surface area contributed by atoms with Crippen molar-refractivity contribution in [3.05, 3.63) is 51.9 Å². The Morgan fingerprint density at radius 2 is 2.18 bits per heavy atom. The Hall–Kier alpha value is -1.85. The molecule has 5 heteroatoms. The first kappa shape index (κ1) is 15.1. The zero-order valence-corrected chi connectivity index (χ0v) is 13.5. The highest BCUT2D eigenvalue weighted by molar-refractivity contribution is 7.13. The van der Waals surface area contributed by atoms with Crippen molar-refractivity contribution in [2.24, 2.45) is 0 Å². The van der Waals surface area contributed by atoms with Gasteiger partial charge in [0.1, 0.15) is 6.04 Å². The molecule has 0 spiro atoms. The number of carbonyl (C=O) groups is 1. The molecule has 0 radical (unpaired) electrons. The number of benzene rings is 1. The van der Waals surface area contributed by atoms with Crippen LogP contribution < -0.4 is 0 Å². The van der Waals surface area contributed by atoms with Crippen LogP contribution in [0.4, 0.5) is 0 Å². The molecule has 2 heterocycles. The molecule has 2 aromatic rings. The molecular weight excluding hydrogens is 298 g/mol. The van der Waals surface area contributed by atoms with E-state index in [1.54, 1.807) is 6.07 Å². The molecule has 4 nitrogen and oxygen atoms in total. The summed E-state index contributed by atoms with van der Waals surface area (Å²) >= 11 is 1.43. The van der Waals surface area contributed by atoms with E-state index in [4.69, 9.17) is 4.74 Å². The van der Waals surface area contributed by atoms with Gasteiger partial charge in [0.2, 0.25) is 0 Å². The van der Waals surface area contributed by atoms with E-state index in [0.717, 1.165) is 29.7 Å². The zero-order chi connectivity index (χ0) is 15.7. The summed E-state index contributed by atoms with van der Waals surface area (Å²) in [7, 11) is 1.43.